The van der Waals surface area contributed by atoms with E-state index in [0.29, 0.717) is 11.9 Å². The third kappa shape index (κ3) is 3.41. The number of nitrogen functional groups attached to an aromatic ring is 1. The van der Waals surface area contributed by atoms with Crippen molar-refractivity contribution < 1.29 is 0 Å². The summed E-state index contributed by atoms with van der Waals surface area (Å²) in [5.74, 6) is 2.32. The molecule has 0 spiro atoms. The molecule has 0 amide bonds. The molecule has 4 nitrogen and oxygen atoms in total. The molecule has 1 aromatic heterocycles. The first kappa shape index (κ1) is 11.1. The van der Waals surface area contributed by atoms with E-state index in [0.717, 1.165) is 18.0 Å². The van der Waals surface area contributed by atoms with Crippen LogP contribution in [-0.4, -0.2) is 28.0 Å². The molecule has 0 bridgehead atoms. The zero-order valence-corrected chi connectivity index (χ0v) is 9.34. The number of hydrogen-bond acceptors (Lipinski definition) is 5. The fourth-order valence-corrected chi connectivity index (χ4v) is 1.81. The van der Waals surface area contributed by atoms with Gasteiger partial charge in [-0.1, -0.05) is 6.92 Å². The summed E-state index contributed by atoms with van der Waals surface area (Å²) < 4.78 is 0. The molecule has 0 saturated heterocycles. The number of nitrogens with one attached hydrogen (secondary N) is 1. The molecular weight excluding hydrogens is 196 g/mol. The number of nitrogens with zero attached hydrogens (tertiary/aromatic N) is 2. The van der Waals surface area contributed by atoms with Gasteiger partial charge in [-0.2, -0.15) is 11.8 Å². The van der Waals surface area contributed by atoms with Gasteiger partial charge in [-0.05, 0) is 12.7 Å². The molecule has 0 aliphatic carbocycles. The second-order valence-corrected chi connectivity index (χ2v) is 3.94. The van der Waals surface area contributed by atoms with E-state index in [2.05, 4.69) is 28.5 Å². The molecule has 5 heteroatoms. The highest BCUT2D eigenvalue weighted by atomic mass is 32.2. The van der Waals surface area contributed by atoms with Crippen LogP contribution in [0.1, 0.15) is 13.3 Å². The first-order valence-corrected chi connectivity index (χ1v) is 5.98. The summed E-state index contributed by atoms with van der Waals surface area (Å²) >= 11 is 1.82. The van der Waals surface area contributed by atoms with Crippen LogP contribution in [-0.2, 0) is 0 Å². The summed E-state index contributed by atoms with van der Waals surface area (Å²) in [5, 5.41) is 3.31. The van der Waals surface area contributed by atoms with Crippen LogP contribution in [0.5, 0.6) is 0 Å². The molecule has 0 fully saturated rings. The van der Waals surface area contributed by atoms with Crippen molar-refractivity contribution in [3.05, 3.63) is 12.4 Å². The highest BCUT2D eigenvalue weighted by molar-refractivity contribution is 7.98. The Morgan fingerprint density at radius 1 is 1.50 bits per heavy atom. The van der Waals surface area contributed by atoms with Crippen molar-refractivity contribution in [2.45, 2.75) is 19.4 Å². The lowest BCUT2D eigenvalue weighted by Gasteiger charge is -2.15. The van der Waals surface area contributed by atoms with Crippen LogP contribution in [0, 0.1) is 0 Å². The van der Waals surface area contributed by atoms with Crippen molar-refractivity contribution in [1.29, 1.82) is 0 Å². The van der Waals surface area contributed by atoms with E-state index in [1.54, 1.807) is 12.4 Å². The van der Waals surface area contributed by atoms with Crippen molar-refractivity contribution in [2.75, 3.05) is 23.1 Å². The van der Waals surface area contributed by atoms with Gasteiger partial charge >= 0.3 is 0 Å². The average Bonchev–Trinajstić information content (AvgIpc) is 2.20. The lowest BCUT2D eigenvalue weighted by Crippen LogP contribution is -2.21. The van der Waals surface area contributed by atoms with E-state index in [-0.39, 0.29) is 0 Å². The van der Waals surface area contributed by atoms with Crippen molar-refractivity contribution in [3.63, 3.8) is 0 Å². The molecule has 0 saturated carbocycles. The highest BCUT2D eigenvalue weighted by Gasteiger charge is 2.05. The van der Waals surface area contributed by atoms with E-state index >= 15 is 0 Å². The van der Waals surface area contributed by atoms with Crippen LogP contribution < -0.4 is 11.1 Å². The Bertz CT molecular complexity index is 262. The molecule has 0 aliphatic heterocycles. The molecule has 3 N–H and O–H groups in total. The summed E-state index contributed by atoms with van der Waals surface area (Å²) in [5.41, 5.74) is 5.44. The Kier molecular flexibility index (Phi) is 4.52. The zero-order chi connectivity index (χ0) is 10.4. The van der Waals surface area contributed by atoms with Crippen molar-refractivity contribution in [3.8, 4) is 0 Å². The fourth-order valence-electron chi connectivity index (χ4n) is 1.08. The van der Waals surface area contributed by atoms with Gasteiger partial charge in [-0.3, -0.25) is 0 Å². The van der Waals surface area contributed by atoms with Crippen LogP contribution in [0.15, 0.2) is 12.4 Å². The van der Waals surface area contributed by atoms with Crippen LogP contribution in [0.4, 0.5) is 11.6 Å². The summed E-state index contributed by atoms with van der Waals surface area (Å²) in [4.78, 5) is 8.11. The van der Waals surface area contributed by atoms with Gasteiger partial charge in [0.05, 0.1) is 12.4 Å². The molecule has 1 aromatic rings. The van der Waals surface area contributed by atoms with Gasteiger partial charge < -0.3 is 11.1 Å². The molecule has 14 heavy (non-hydrogen) atoms. The Morgan fingerprint density at radius 2 is 2.29 bits per heavy atom. The van der Waals surface area contributed by atoms with E-state index in [1.807, 2.05) is 11.8 Å². The predicted molar refractivity (Wildman–Crippen MR) is 62.5 cm³/mol. The Hall–Kier alpha value is -0.970. The van der Waals surface area contributed by atoms with Crippen LogP contribution in [0.25, 0.3) is 0 Å². The number of aromatic nitrogens is 2. The van der Waals surface area contributed by atoms with E-state index in [9.17, 15) is 0 Å². The predicted octanol–water partition coefficient (Wildman–Crippen LogP) is 1.61. The number of hydrogen-bond donors (Lipinski definition) is 2. The third-order valence-electron chi connectivity index (χ3n) is 1.88. The normalized spacial score (nSPS) is 12.4. The molecule has 1 heterocycles. The first-order valence-electron chi connectivity index (χ1n) is 4.59. The second-order valence-electron chi connectivity index (χ2n) is 3.03. The Balaban J connectivity index is 2.53. The lowest BCUT2D eigenvalue weighted by molar-refractivity contribution is 0.769. The number of rotatable bonds is 5. The number of nitrogens with two attached hydrogens (primary N) is 1. The minimum absolute atomic E-state index is 0.447. The van der Waals surface area contributed by atoms with Crippen LogP contribution >= 0.6 is 11.8 Å². The van der Waals surface area contributed by atoms with E-state index in [1.165, 1.54) is 0 Å². The maximum atomic E-state index is 5.44. The Morgan fingerprint density at radius 3 is 2.79 bits per heavy atom. The zero-order valence-electron chi connectivity index (χ0n) is 8.53. The minimum Gasteiger partial charge on any atom is -0.382 e. The molecule has 78 valence electrons. The molecular formula is C9H16N4S. The molecule has 1 unspecified atom stereocenters. The highest BCUT2D eigenvalue weighted by Crippen LogP contribution is 2.09. The van der Waals surface area contributed by atoms with Gasteiger partial charge in [0.15, 0.2) is 0 Å². The van der Waals surface area contributed by atoms with Gasteiger partial charge in [0.25, 0.3) is 0 Å². The van der Waals surface area contributed by atoms with Crippen molar-refractivity contribution >= 4 is 23.4 Å². The molecule has 0 aliphatic rings. The van der Waals surface area contributed by atoms with E-state index < -0.39 is 0 Å². The van der Waals surface area contributed by atoms with Gasteiger partial charge in [0.2, 0.25) is 0 Å². The summed E-state index contributed by atoms with van der Waals surface area (Å²) in [6.07, 6.45) is 6.40. The van der Waals surface area contributed by atoms with Crippen LogP contribution in [0.3, 0.4) is 0 Å². The summed E-state index contributed by atoms with van der Waals surface area (Å²) in [6, 6.07) is 0.447. The quantitative estimate of drug-likeness (QED) is 0.776. The van der Waals surface area contributed by atoms with Gasteiger partial charge in [-0.15, -0.1) is 0 Å². The SMILES string of the molecule is CCC(CSC)Nc1cnc(N)cn1. The molecule has 0 aromatic carbocycles. The van der Waals surface area contributed by atoms with Gasteiger partial charge in [0.1, 0.15) is 11.6 Å². The smallest absolute Gasteiger partial charge is 0.144 e. The fraction of sp³-hybridized carbons (Fsp3) is 0.556. The number of thioether (sulfide) groups is 1. The largest absolute Gasteiger partial charge is 0.382 e. The van der Waals surface area contributed by atoms with Crippen molar-refractivity contribution in [1.82, 2.24) is 9.97 Å². The van der Waals surface area contributed by atoms with E-state index in [4.69, 9.17) is 5.73 Å². The van der Waals surface area contributed by atoms with Crippen molar-refractivity contribution in [2.24, 2.45) is 0 Å². The van der Waals surface area contributed by atoms with Gasteiger partial charge in [0, 0.05) is 11.8 Å². The molecule has 0 radical (unpaired) electrons. The maximum absolute atomic E-state index is 5.44. The standard InChI is InChI=1S/C9H16N4S/c1-3-7(6-14-2)13-9-5-11-8(10)4-12-9/h4-5,7H,3,6H2,1-2H3,(H2,10,11)(H,12,13). The topological polar surface area (TPSA) is 63.8 Å². The first-order chi connectivity index (χ1) is 6.76. The summed E-state index contributed by atoms with van der Waals surface area (Å²) in [6.45, 7) is 2.15. The maximum Gasteiger partial charge on any atom is 0.144 e. The minimum atomic E-state index is 0.447. The average molecular weight is 212 g/mol. The number of anilines is 2. The molecule has 1 rings (SSSR count). The molecule has 1 atom stereocenters. The lowest BCUT2D eigenvalue weighted by atomic mass is 10.2. The second kappa shape index (κ2) is 5.70. The Labute approximate surface area is 88.7 Å². The monoisotopic (exact) mass is 212 g/mol. The van der Waals surface area contributed by atoms with Crippen LogP contribution in [0.2, 0.25) is 0 Å². The van der Waals surface area contributed by atoms with Gasteiger partial charge in [-0.25, -0.2) is 9.97 Å². The third-order valence-corrected chi connectivity index (χ3v) is 2.62. The summed E-state index contributed by atoms with van der Waals surface area (Å²) in [7, 11) is 0.